The third-order valence-corrected chi connectivity index (χ3v) is 3.99. The van der Waals surface area contributed by atoms with Gasteiger partial charge in [-0.15, -0.1) is 5.10 Å². The Bertz CT molecular complexity index is 982. The number of alkyl halides is 2. The number of benzene rings is 2. The fourth-order valence-corrected chi connectivity index (χ4v) is 2.65. The highest BCUT2D eigenvalue weighted by atomic mass is 19.3. The summed E-state index contributed by atoms with van der Waals surface area (Å²) in [4.78, 5) is 11.6. The minimum absolute atomic E-state index is 0.0324. The topological polar surface area (TPSA) is 79.9 Å². The van der Waals surface area contributed by atoms with Crippen LogP contribution in [0.2, 0.25) is 0 Å². The first-order chi connectivity index (χ1) is 13.1. The fourth-order valence-electron chi connectivity index (χ4n) is 2.65. The molecule has 10 heteroatoms. The van der Waals surface area contributed by atoms with Crippen molar-refractivity contribution in [3.8, 4) is 5.75 Å². The van der Waals surface area contributed by atoms with E-state index in [9.17, 15) is 22.4 Å². The van der Waals surface area contributed by atoms with Crippen LogP contribution in [-0.2, 0) is 4.79 Å². The predicted octanol–water partition coefficient (Wildman–Crippen LogP) is 3.52. The molecule has 0 saturated carbocycles. The first-order valence-corrected chi connectivity index (χ1v) is 8.26. The second-order valence-electron chi connectivity index (χ2n) is 6.38. The molecule has 0 saturated heterocycles. The summed E-state index contributed by atoms with van der Waals surface area (Å²) in [6, 6.07) is 6.35. The lowest BCUT2D eigenvalue weighted by molar-refractivity contribution is -0.144. The lowest BCUT2D eigenvalue weighted by atomic mass is 10.0. The zero-order chi connectivity index (χ0) is 20.5. The minimum Gasteiger partial charge on any atom is -0.484 e. The van der Waals surface area contributed by atoms with Gasteiger partial charge in [0.25, 0.3) is 5.91 Å². The van der Waals surface area contributed by atoms with Gasteiger partial charge in [-0.1, -0.05) is 5.21 Å². The number of hydrogen-bond acceptors (Lipinski definition) is 4. The molecule has 6 nitrogen and oxygen atoms in total. The Hall–Kier alpha value is -3.17. The first-order valence-electron chi connectivity index (χ1n) is 8.26. The van der Waals surface area contributed by atoms with E-state index >= 15 is 0 Å². The van der Waals surface area contributed by atoms with Crippen LogP contribution in [0.15, 0.2) is 36.4 Å². The zero-order valence-corrected chi connectivity index (χ0v) is 14.8. The molecule has 3 aromatic rings. The van der Waals surface area contributed by atoms with Gasteiger partial charge in [-0.05, 0) is 31.2 Å². The van der Waals surface area contributed by atoms with Gasteiger partial charge in [0.15, 0.2) is 0 Å². The van der Waals surface area contributed by atoms with Gasteiger partial charge in [-0.25, -0.2) is 8.78 Å². The number of carbonyl (C=O) groups is 1. The van der Waals surface area contributed by atoms with Crippen molar-refractivity contribution < 1.29 is 27.1 Å². The Labute approximate surface area is 156 Å². The second-order valence-corrected chi connectivity index (χ2v) is 6.38. The molecule has 148 valence electrons. The van der Waals surface area contributed by atoms with Gasteiger partial charge in [0, 0.05) is 24.6 Å². The van der Waals surface area contributed by atoms with Crippen LogP contribution in [-0.4, -0.2) is 33.3 Å². The lowest BCUT2D eigenvalue weighted by Gasteiger charge is -2.27. The summed E-state index contributed by atoms with van der Waals surface area (Å²) in [7, 11) is 0. The first kappa shape index (κ1) is 19.6. The van der Waals surface area contributed by atoms with E-state index in [4.69, 9.17) is 4.74 Å². The molecule has 0 fully saturated rings. The van der Waals surface area contributed by atoms with Gasteiger partial charge in [0.05, 0.1) is 11.6 Å². The van der Waals surface area contributed by atoms with E-state index < -0.39 is 35.6 Å². The van der Waals surface area contributed by atoms with E-state index in [0.717, 1.165) is 12.1 Å². The highest BCUT2D eigenvalue weighted by Crippen LogP contribution is 2.28. The van der Waals surface area contributed by atoms with Crippen LogP contribution in [0, 0.1) is 11.6 Å². The maximum atomic E-state index is 13.7. The van der Waals surface area contributed by atoms with Gasteiger partial charge < -0.3 is 10.1 Å². The Balaban J connectivity index is 1.94. The van der Waals surface area contributed by atoms with E-state index in [0.29, 0.717) is 24.0 Å². The number of aromatic nitrogens is 3. The van der Waals surface area contributed by atoms with Crippen LogP contribution in [0.1, 0.15) is 25.5 Å². The molecular formula is C18H16F4N4O2. The molecule has 0 spiro atoms. The van der Waals surface area contributed by atoms with Crippen molar-refractivity contribution in [3.05, 3.63) is 53.6 Å². The molecular weight excluding hydrogens is 380 g/mol. The number of hydrogen-bond donors (Lipinski definition) is 2. The second kappa shape index (κ2) is 7.45. The molecule has 1 aromatic heterocycles. The summed E-state index contributed by atoms with van der Waals surface area (Å²) in [5.74, 6) is -6.63. The molecule has 0 aliphatic heterocycles. The molecule has 0 unspecified atom stereocenters. The molecule has 1 amide bonds. The average molecular weight is 396 g/mol. The maximum absolute atomic E-state index is 13.7. The summed E-state index contributed by atoms with van der Waals surface area (Å²) < 4.78 is 59.6. The van der Waals surface area contributed by atoms with E-state index in [-0.39, 0.29) is 11.3 Å². The number of nitrogens with zero attached hydrogens (tertiary/aromatic N) is 2. The van der Waals surface area contributed by atoms with Crippen molar-refractivity contribution in [2.45, 2.75) is 31.9 Å². The molecule has 0 aliphatic carbocycles. The Morgan fingerprint density at radius 2 is 1.86 bits per heavy atom. The number of aromatic amines is 1. The molecule has 28 heavy (non-hydrogen) atoms. The SMILES string of the molecule is C[C@H](NC(=O)C(C)(F)F)[C@H](Oc1ccc2[nH]nnc2c1)c1cc(F)cc(F)c1. The summed E-state index contributed by atoms with van der Waals surface area (Å²) in [6.45, 7) is 1.84. The zero-order valence-electron chi connectivity index (χ0n) is 14.8. The number of fused-ring (bicyclic) bond motifs is 1. The third kappa shape index (κ3) is 4.38. The molecule has 2 atom stereocenters. The monoisotopic (exact) mass is 396 g/mol. The Morgan fingerprint density at radius 3 is 2.50 bits per heavy atom. The van der Waals surface area contributed by atoms with Crippen LogP contribution in [0.4, 0.5) is 17.6 Å². The van der Waals surface area contributed by atoms with Crippen molar-refractivity contribution in [1.82, 2.24) is 20.7 Å². The van der Waals surface area contributed by atoms with Crippen LogP contribution < -0.4 is 10.1 Å². The standard InChI is InChI=1S/C18H16F4N4O2/c1-9(23-17(27)18(2,21)22)16(10-5-11(19)7-12(20)6-10)28-13-3-4-14-15(8-13)25-26-24-14/h3-9,16H,1-2H3,(H,23,27)(H,24,25,26)/t9-,16-/m0/s1. The fraction of sp³-hybridized carbons (Fsp3) is 0.278. The highest BCUT2D eigenvalue weighted by molar-refractivity contribution is 5.83. The third-order valence-electron chi connectivity index (χ3n) is 3.99. The minimum atomic E-state index is -3.62. The number of amides is 1. The van der Waals surface area contributed by atoms with Crippen LogP contribution in [0.25, 0.3) is 11.0 Å². The number of carbonyl (C=O) groups excluding carboxylic acids is 1. The maximum Gasteiger partial charge on any atom is 0.321 e. The van der Waals surface area contributed by atoms with E-state index in [1.807, 2.05) is 0 Å². The van der Waals surface area contributed by atoms with Gasteiger partial charge in [0.1, 0.15) is 29.0 Å². The van der Waals surface area contributed by atoms with E-state index in [2.05, 4.69) is 20.7 Å². The quantitative estimate of drug-likeness (QED) is 0.625. The lowest BCUT2D eigenvalue weighted by Crippen LogP contribution is -2.46. The summed E-state index contributed by atoms with van der Waals surface area (Å²) >= 11 is 0. The molecule has 2 aromatic carbocycles. The average Bonchev–Trinajstić information content (AvgIpc) is 3.05. The van der Waals surface area contributed by atoms with Crippen LogP contribution in [0.3, 0.4) is 0 Å². The van der Waals surface area contributed by atoms with Gasteiger partial charge >= 0.3 is 5.92 Å². The Morgan fingerprint density at radius 1 is 1.18 bits per heavy atom. The van der Waals surface area contributed by atoms with Crippen molar-refractivity contribution in [3.63, 3.8) is 0 Å². The largest absolute Gasteiger partial charge is 0.484 e. The van der Waals surface area contributed by atoms with Gasteiger partial charge in [-0.2, -0.15) is 8.78 Å². The molecule has 0 radical (unpaired) electrons. The van der Waals surface area contributed by atoms with E-state index in [1.54, 1.807) is 12.1 Å². The predicted molar refractivity (Wildman–Crippen MR) is 91.8 cm³/mol. The number of ether oxygens (including phenoxy) is 1. The van der Waals surface area contributed by atoms with Crippen molar-refractivity contribution in [1.29, 1.82) is 0 Å². The molecule has 0 bridgehead atoms. The number of H-pyrrole nitrogens is 1. The van der Waals surface area contributed by atoms with Crippen LogP contribution >= 0.6 is 0 Å². The van der Waals surface area contributed by atoms with Crippen LogP contribution in [0.5, 0.6) is 5.75 Å². The summed E-state index contributed by atoms with van der Waals surface area (Å²) in [5.41, 5.74) is 1.14. The van der Waals surface area contributed by atoms with E-state index in [1.165, 1.54) is 13.0 Å². The number of rotatable bonds is 6. The van der Waals surface area contributed by atoms with Gasteiger partial charge in [0.2, 0.25) is 0 Å². The molecule has 1 heterocycles. The molecule has 3 rings (SSSR count). The number of nitrogens with one attached hydrogen (secondary N) is 2. The summed E-state index contributed by atoms with van der Waals surface area (Å²) in [5, 5.41) is 12.2. The van der Waals surface area contributed by atoms with Crippen molar-refractivity contribution >= 4 is 16.9 Å². The van der Waals surface area contributed by atoms with Gasteiger partial charge in [-0.3, -0.25) is 9.89 Å². The summed E-state index contributed by atoms with van der Waals surface area (Å²) in [6.07, 6.45) is -1.15. The molecule has 0 aliphatic rings. The normalized spacial score (nSPS) is 13.9. The highest BCUT2D eigenvalue weighted by Gasteiger charge is 2.35. The smallest absolute Gasteiger partial charge is 0.321 e. The molecule has 2 N–H and O–H groups in total. The van der Waals surface area contributed by atoms with Crippen molar-refractivity contribution in [2.75, 3.05) is 0 Å². The Kier molecular flexibility index (Phi) is 5.21. The van der Waals surface area contributed by atoms with Crippen molar-refractivity contribution in [2.24, 2.45) is 0 Å². The number of halogens is 4.